The van der Waals surface area contributed by atoms with Crippen molar-refractivity contribution in [2.75, 3.05) is 0 Å². The first-order valence-corrected chi connectivity index (χ1v) is 9.25. The van der Waals surface area contributed by atoms with Crippen LogP contribution in [0.4, 0.5) is 5.69 Å². The van der Waals surface area contributed by atoms with E-state index in [0.717, 1.165) is 30.5 Å². The van der Waals surface area contributed by atoms with Crippen LogP contribution in [0.2, 0.25) is 0 Å². The summed E-state index contributed by atoms with van der Waals surface area (Å²) in [7, 11) is 0. The van der Waals surface area contributed by atoms with Gasteiger partial charge in [0, 0.05) is 29.0 Å². The molecule has 2 aromatic carbocycles. The van der Waals surface area contributed by atoms with Crippen LogP contribution in [0.25, 0.3) is 0 Å². The number of carbonyl (C=O) groups is 1. The van der Waals surface area contributed by atoms with E-state index in [2.05, 4.69) is 22.5 Å². The molecule has 0 fully saturated rings. The number of nitrogens with zero attached hydrogens (tertiary/aromatic N) is 3. The van der Waals surface area contributed by atoms with Gasteiger partial charge in [0.1, 0.15) is 0 Å². The van der Waals surface area contributed by atoms with Crippen LogP contribution < -0.4 is 5.32 Å². The molecule has 0 saturated heterocycles. The molecule has 1 atom stereocenters. The fourth-order valence-electron chi connectivity index (χ4n) is 3.66. The number of nitro benzene ring substituents is 1. The van der Waals surface area contributed by atoms with Gasteiger partial charge in [-0.1, -0.05) is 36.4 Å². The molecular formula is C21H20N4O3. The maximum Gasteiger partial charge on any atom is 0.270 e. The molecule has 142 valence electrons. The van der Waals surface area contributed by atoms with Crippen LogP contribution >= 0.6 is 0 Å². The minimum Gasteiger partial charge on any atom is -0.345 e. The van der Waals surface area contributed by atoms with Gasteiger partial charge >= 0.3 is 0 Å². The van der Waals surface area contributed by atoms with E-state index in [0.29, 0.717) is 6.54 Å². The minimum atomic E-state index is -0.497. The van der Waals surface area contributed by atoms with Gasteiger partial charge in [0.15, 0.2) is 0 Å². The van der Waals surface area contributed by atoms with Gasteiger partial charge in [-0.25, -0.2) is 0 Å². The van der Waals surface area contributed by atoms with E-state index in [4.69, 9.17) is 0 Å². The lowest BCUT2D eigenvalue weighted by Crippen LogP contribution is -2.31. The molecule has 0 unspecified atom stereocenters. The Morgan fingerprint density at radius 1 is 1.21 bits per heavy atom. The van der Waals surface area contributed by atoms with Crippen LogP contribution in [-0.4, -0.2) is 20.6 Å². The number of aromatic nitrogens is 2. The zero-order chi connectivity index (χ0) is 19.5. The van der Waals surface area contributed by atoms with Crippen molar-refractivity contribution < 1.29 is 9.72 Å². The van der Waals surface area contributed by atoms with Crippen molar-refractivity contribution in [3.63, 3.8) is 0 Å². The zero-order valence-corrected chi connectivity index (χ0v) is 15.2. The molecule has 0 bridgehead atoms. The van der Waals surface area contributed by atoms with Gasteiger partial charge in [0.25, 0.3) is 11.6 Å². The van der Waals surface area contributed by atoms with Crippen molar-refractivity contribution in [1.29, 1.82) is 0 Å². The molecule has 28 heavy (non-hydrogen) atoms. The number of benzene rings is 2. The Hall–Kier alpha value is -3.48. The molecule has 0 aliphatic heterocycles. The Morgan fingerprint density at radius 3 is 2.82 bits per heavy atom. The molecule has 1 amide bonds. The van der Waals surface area contributed by atoms with Crippen molar-refractivity contribution in [3.05, 3.63) is 93.3 Å². The molecule has 4 rings (SSSR count). The van der Waals surface area contributed by atoms with E-state index in [1.807, 2.05) is 29.1 Å². The summed E-state index contributed by atoms with van der Waals surface area (Å²) >= 11 is 0. The molecule has 1 N–H and O–H groups in total. The average molecular weight is 376 g/mol. The minimum absolute atomic E-state index is 0.0901. The number of amides is 1. The van der Waals surface area contributed by atoms with Crippen LogP contribution in [0, 0.1) is 10.1 Å². The second-order valence-corrected chi connectivity index (χ2v) is 6.92. The van der Waals surface area contributed by atoms with Crippen molar-refractivity contribution in [2.45, 2.75) is 31.8 Å². The quantitative estimate of drug-likeness (QED) is 0.544. The number of hydrogen-bond acceptors (Lipinski definition) is 4. The maximum absolute atomic E-state index is 12.6. The highest BCUT2D eigenvalue weighted by Crippen LogP contribution is 2.30. The van der Waals surface area contributed by atoms with E-state index < -0.39 is 4.92 Å². The summed E-state index contributed by atoms with van der Waals surface area (Å²) in [6.07, 6.45) is 4.53. The van der Waals surface area contributed by atoms with E-state index in [-0.39, 0.29) is 23.2 Å². The first kappa shape index (κ1) is 17.9. The highest BCUT2D eigenvalue weighted by molar-refractivity contribution is 5.95. The molecule has 0 radical (unpaired) electrons. The van der Waals surface area contributed by atoms with Crippen molar-refractivity contribution in [3.8, 4) is 0 Å². The van der Waals surface area contributed by atoms with Gasteiger partial charge in [-0.2, -0.15) is 5.10 Å². The molecule has 0 saturated carbocycles. The lowest BCUT2D eigenvalue weighted by molar-refractivity contribution is -0.384. The molecule has 1 aliphatic carbocycles. The Balaban J connectivity index is 1.53. The highest BCUT2D eigenvalue weighted by atomic mass is 16.6. The fourth-order valence-corrected chi connectivity index (χ4v) is 3.66. The van der Waals surface area contributed by atoms with Gasteiger partial charge in [0.05, 0.1) is 23.7 Å². The van der Waals surface area contributed by atoms with E-state index in [1.54, 1.807) is 6.07 Å². The van der Waals surface area contributed by atoms with Crippen LogP contribution in [0.3, 0.4) is 0 Å². The number of hydrogen-bond donors (Lipinski definition) is 1. The Labute approximate surface area is 162 Å². The Bertz CT molecular complexity index is 1010. The van der Waals surface area contributed by atoms with Gasteiger partial charge in [-0.15, -0.1) is 0 Å². The summed E-state index contributed by atoms with van der Waals surface area (Å²) in [5, 5.41) is 18.5. The predicted molar refractivity (Wildman–Crippen MR) is 104 cm³/mol. The number of non-ortho nitro benzene ring substituents is 1. The normalized spacial score (nSPS) is 15.6. The van der Waals surface area contributed by atoms with Crippen molar-refractivity contribution >= 4 is 11.6 Å². The fraction of sp³-hybridized carbons (Fsp3) is 0.238. The van der Waals surface area contributed by atoms with Gasteiger partial charge < -0.3 is 5.32 Å². The predicted octanol–water partition coefficient (Wildman–Crippen LogP) is 3.65. The Kier molecular flexibility index (Phi) is 4.89. The second kappa shape index (κ2) is 7.64. The molecule has 7 nitrogen and oxygen atoms in total. The first-order chi connectivity index (χ1) is 13.6. The molecule has 0 spiro atoms. The highest BCUT2D eigenvalue weighted by Gasteiger charge is 2.26. The molecule has 3 aromatic rings. The molecule has 1 heterocycles. The molecule has 1 aromatic heterocycles. The smallest absolute Gasteiger partial charge is 0.270 e. The zero-order valence-electron chi connectivity index (χ0n) is 15.2. The van der Waals surface area contributed by atoms with E-state index in [9.17, 15) is 14.9 Å². The van der Waals surface area contributed by atoms with E-state index in [1.165, 1.54) is 23.8 Å². The first-order valence-electron chi connectivity index (χ1n) is 9.25. The summed E-state index contributed by atoms with van der Waals surface area (Å²) in [5.41, 5.74) is 3.54. The molecule has 1 aliphatic rings. The summed E-state index contributed by atoms with van der Waals surface area (Å²) in [4.78, 5) is 23.1. The lowest BCUT2D eigenvalue weighted by Gasteiger charge is -2.24. The van der Waals surface area contributed by atoms with Crippen LogP contribution in [0.5, 0.6) is 0 Å². The summed E-state index contributed by atoms with van der Waals surface area (Å²) < 4.78 is 2.00. The van der Waals surface area contributed by atoms with Gasteiger partial charge in [0.2, 0.25) is 0 Å². The van der Waals surface area contributed by atoms with Crippen molar-refractivity contribution in [2.24, 2.45) is 0 Å². The summed E-state index contributed by atoms with van der Waals surface area (Å²) in [6.45, 7) is 0.696. The largest absolute Gasteiger partial charge is 0.345 e. The SMILES string of the molecule is O=C(N[C@@H]1CCCc2c1cnn2Cc1ccccc1)c1cccc([N+](=O)[O-])c1. The summed E-state index contributed by atoms with van der Waals surface area (Å²) in [6, 6.07) is 15.8. The number of nitrogens with one attached hydrogen (secondary N) is 1. The standard InChI is InChI=1S/C21H20N4O3/c26-21(16-8-4-9-17(12-16)25(27)28)23-19-10-5-11-20-18(19)13-22-24(20)14-15-6-2-1-3-7-15/h1-4,6-9,12-13,19H,5,10-11,14H2,(H,23,26)/t19-/m1/s1. The molecular weight excluding hydrogens is 356 g/mol. The third-order valence-electron chi connectivity index (χ3n) is 5.06. The summed E-state index contributed by atoms with van der Waals surface area (Å²) in [5.74, 6) is -0.308. The number of nitro groups is 1. The van der Waals surface area contributed by atoms with E-state index >= 15 is 0 Å². The number of carbonyl (C=O) groups excluding carboxylic acids is 1. The number of rotatable bonds is 5. The van der Waals surface area contributed by atoms with Gasteiger partial charge in [-0.3, -0.25) is 19.6 Å². The van der Waals surface area contributed by atoms with Crippen LogP contribution in [-0.2, 0) is 13.0 Å². The molecule has 7 heteroatoms. The monoisotopic (exact) mass is 376 g/mol. The second-order valence-electron chi connectivity index (χ2n) is 6.92. The third-order valence-corrected chi connectivity index (χ3v) is 5.06. The van der Waals surface area contributed by atoms with Crippen LogP contribution in [0.15, 0.2) is 60.8 Å². The maximum atomic E-state index is 12.6. The van der Waals surface area contributed by atoms with Crippen LogP contribution in [0.1, 0.15) is 46.1 Å². The van der Waals surface area contributed by atoms with Crippen molar-refractivity contribution in [1.82, 2.24) is 15.1 Å². The Morgan fingerprint density at radius 2 is 2.04 bits per heavy atom. The lowest BCUT2D eigenvalue weighted by atomic mass is 9.92. The average Bonchev–Trinajstić information content (AvgIpc) is 3.13. The topological polar surface area (TPSA) is 90.1 Å². The third kappa shape index (κ3) is 3.64. The number of fused-ring (bicyclic) bond motifs is 1. The van der Waals surface area contributed by atoms with Gasteiger partial charge in [-0.05, 0) is 30.9 Å².